The molecule has 0 aliphatic carbocycles. The predicted octanol–water partition coefficient (Wildman–Crippen LogP) is 9.55. The van der Waals surface area contributed by atoms with Crippen LogP contribution in [0.1, 0.15) is 88.5 Å². The summed E-state index contributed by atoms with van der Waals surface area (Å²) in [5.74, 6) is 0. The van der Waals surface area contributed by atoms with Crippen LogP contribution >= 0.6 is 0 Å². The average Bonchev–Trinajstić information content (AvgIpc) is 2.66. The van der Waals surface area contributed by atoms with Crippen molar-refractivity contribution in [3.8, 4) is 0 Å². The topological polar surface area (TPSA) is 36.9 Å². The zero-order valence-electron chi connectivity index (χ0n) is 27.2. The van der Waals surface area contributed by atoms with Crippen LogP contribution < -0.4 is 0 Å². The fourth-order valence-corrected chi connectivity index (χ4v) is 6.85. The summed E-state index contributed by atoms with van der Waals surface area (Å²) in [5, 5.41) is 0.450. The van der Waals surface area contributed by atoms with Gasteiger partial charge in [-0.3, -0.25) is 0 Å². The predicted molar refractivity (Wildman–Crippen MR) is 167 cm³/mol. The van der Waals surface area contributed by atoms with E-state index in [0.717, 1.165) is 25.9 Å². The first kappa shape index (κ1) is 36.2. The third-order valence-corrected chi connectivity index (χ3v) is 22.4. The van der Waals surface area contributed by atoms with Gasteiger partial charge >= 0.3 is 0 Å². The van der Waals surface area contributed by atoms with Crippen LogP contribution in [0.5, 0.6) is 0 Å². The van der Waals surface area contributed by atoms with Crippen molar-refractivity contribution in [3.05, 3.63) is 12.7 Å². The van der Waals surface area contributed by atoms with Crippen LogP contribution in [0.4, 0.5) is 0 Å². The van der Waals surface area contributed by atoms with Crippen LogP contribution in [-0.4, -0.2) is 56.5 Å². The van der Waals surface area contributed by atoms with Crippen LogP contribution in [0.2, 0.25) is 54.4 Å². The summed E-state index contributed by atoms with van der Waals surface area (Å²) < 4.78 is 27.0. The van der Waals surface area contributed by atoms with Gasteiger partial charge in [-0.2, -0.15) is 0 Å². The highest BCUT2D eigenvalue weighted by Crippen LogP contribution is 2.41. The first-order valence-electron chi connectivity index (χ1n) is 14.2. The van der Waals surface area contributed by atoms with Gasteiger partial charge in [0.05, 0.1) is 12.2 Å². The van der Waals surface area contributed by atoms with Gasteiger partial charge in [-0.05, 0) is 67.2 Å². The Balaban J connectivity index is 5.86. The Bertz CT molecular complexity index is 655. The van der Waals surface area contributed by atoms with Gasteiger partial charge in [-0.25, -0.2) is 0 Å². The van der Waals surface area contributed by atoms with Crippen LogP contribution in [0, 0.1) is 0 Å². The van der Waals surface area contributed by atoms with Gasteiger partial charge in [0.1, 0.15) is 6.10 Å². The Kier molecular flexibility index (Phi) is 13.6. The molecular weight excluding hydrogens is 497 g/mol. The van der Waals surface area contributed by atoms with Gasteiger partial charge in [0.2, 0.25) is 0 Å². The largest absolute Gasteiger partial charge is 0.417 e. The second-order valence-corrected chi connectivity index (χ2v) is 29.4. The molecule has 0 spiro atoms. The van der Waals surface area contributed by atoms with Gasteiger partial charge in [0.15, 0.2) is 25.0 Å². The maximum Gasteiger partial charge on any atom is 0.193 e. The van der Waals surface area contributed by atoms with E-state index in [1.54, 1.807) is 0 Å². The highest BCUT2D eigenvalue weighted by molar-refractivity contribution is 6.75. The third kappa shape index (κ3) is 10.8. The van der Waals surface area contributed by atoms with Gasteiger partial charge in [-0.15, -0.1) is 6.58 Å². The van der Waals surface area contributed by atoms with E-state index in [4.69, 9.17) is 18.0 Å². The van der Waals surface area contributed by atoms with Crippen LogP contribution in [0.3, 0.4) is 0 Å². The lowest BCUT2D eigenvalue weighted by Crippen LogP contribution is -2.54. The van der Waals surface area contributed by atoms with Gasteiger partial charge in [0.25, 0.3) is 0 Å². The molecular formula is C29H64O4Si3. The monoisotopic (exact) mass is 560 g/mol. The highest BCUT2D eigenvalue weighted by atomic mass is 28.4. The van der Waals surface area contributed by atoms with Crippen molar-refractivity contribution >= 4 is 25.0 Å². The Labute approximate surface area is 229 Å². The summed E-state index contributed by atoms with van der Waals surface area (Å²) in [6.07, 6.45) is 4.40. The Morgan fingerprint density at radius 1 is 0.694 bits per heavy atom. The minimum absolute atomic E-state index is 0.0232. The molecule has 216 valence electrons. The molecule has 0 saturated heterocycles. The van der Waals surface area contributed by atoms with Crippen LogP contribution in [0.25, 0.3) is 0 Å². The Morgan fingerprint density at radius 3 is 1.53 bits per heavy atom. The molecule has 0 aliphatic heterocycles. The van der Waals surface area contributed by atoms with Gasteiger partial charge in [-0.1, -0.05) is 81.7 Å². The van der Waals surface area contributed by atoms with Gasteiger partial charge in [0, 0.05) is 13.2 Å². The first-order valence-corrected chi connectivity index (χ1v) is 22.9. The molecule has 0 rings (SSSR count). The molecule has 0 amide bonds. The van der Waals surface area contributed by atoms with Crippen LogP contribution in [0.15, 0.2) is 12.7 Å². The van der Waals surface area contributed by atoms with E-state index in [0.29, 0.717) is 6.61 Å². The van der Waals surface area contributed by atoms with Crippen molar-refractivity contribution in [2.24, 2.45) is 0 Å². The summed E-state index contributed by atoms with van der Waals surface area (Å²) >= 11 is 0. The van der Waals surface area contributed by atoms with Crippen molar-refractivity contribution in [3.63, 3.8) is 0 Å². The van der Waals surface area contributed by atoms with E-state index in [-0.39, 0.29) is 33.4 Å². The molecule has 0 aliphatic rings. The molecule has 3 atom stereocenters. The molecule has 36 heavy (non-hydrogen) atoms. The van der Waals surface area contributed by atoms with Crippen LogP contribution in [-0.2, 0) is 18.0 Å². The van der Waals surface area contributed by atoms with Crippen molar-refractivity contribution in [2.45, 2.75) is 161 Å². The van der Waals surface area contributed by atoms with Gasteiger partial charge < -0.3 is 18.0 Å². The minimum Gasteiger partial charge on any atom is -0.417 e. The van der Waals surface area contributed by atoms with E-state index >= 15 is 0 Å². The molecule has 4 nitrogen and oxygen atoms in total. The quantitative estimate of drug-likeness (QED) is 0.113. The zero-order valence-corrected chi connectivity index (χ0v) is 30.2. The zero-order chi connectivity index (χ0) is 28.8. The lowest BCUT2D eigenvalue weighted by molar-refractivity contribution is -0.0810. The molecule has 0 radical (unpaired) electrons. The van der Waals surface area contributed by atoms with E-state index < -0.39 is 25.0 Å². The summed E-state index contributed by atoms with van der Waals surface area (Å²) in [7, 11) is -5.79. The average molecular weight is 561 g/mol. The van der Waals surface area contributed by atoms with E-state index in [1.807, 2.05) is 6.08 Å². The minimum atomic E-state index is -2.03. The first-order chi connectivity index (χ1) is 15.9. The summed E-state index contributed by atoms with van der Waals surface area (Å²) in [5.41, 5.74) is 0. The Morgan fingerprint density at radius 2 is 1.14 bits per heavy atom. The number of hydrogen-bond acceptors (Lipinski definition) is 4. The van der Waals surface area contributed by atoms with Crippen molar-refractivity contribution < 1.29 is 18.0 Å². The number of hydrogen-bond donors (Lipinski definition) is 0. The third-order valence-electron chi connectivity index (χ3n) is 8.85. The molecule has 0 unspecified atom stereocenters. The molecule has 0 saturated carbocycles. The summed E-state index contributed by atoms with van der Waals surface area (Å²) in [6.45, 7) is 42.3. The normalized spacial score (nSPS) is 17.1. The van der Waals surface area contributed by atoms with Crippen molar-refractivity contribution in [2.75, 3.05) is 13.2 Å². The second kappa shape index (κ2) is 13.5. The Hall–Kier alpha value is 0.231. The highest BCUT2D eigenvalue weighted by Gasteiger charge is 2.45. The molecule has 0 fully saturated rings. The van der Waals surface area contributed by atoms with E-state index in [1.165, 1.54) is 0 Å². The molecule has 0 aromatic rings. The smallest absolute Gasteiger partial charge is 0.193 e. The maximum atomic E-state index is 7.02. The standard InChI is InChI=1S/C29H64O4Si3/c1-18-21-25(33-36(16,17)29(9,10)11)26(24(19-2)32-35(14,15)28(6,7)8)30-22-20-23-31-34(12,13)27(3,4)5/h19,24-26H,2,18,20-23H2,1,3-17H3/t24-,25-,26-/m1/s1. The molecule has 0 bridgehead atoms. The SMILES string of the molecule is C=C[C@@H](O[Si](C)(C)C(C)(C)C)[C@@H](OCCCO[Si](C)(C)C(C)(C)C)[C@@H](CCC)O[Si](C)(C)C(C)(C)C. The van der Waals surface area contributed by atoms with Crippen molar-refractivity contribution in [1.82, 2.24) is 0 Å². The lowest BCUT2D eigenvalue weighted by Gasteiger charge is -2.45. The fourth-order valence-electron chi connectivity index (χ4n) is 3.13. The summed E-state index contributed by atoms with van der Waals surface area (Å²) in [6, 6.07) is 0. The number of rotatable bonds is 15. The lowest BCUT2D eigenvalue weighted by atomic mass is 10.0. The number of ether oxygens (including phenoxy) is 1. The molecule has 0 aromatic heterocycles. The summed E-state index contributed by atoms with van der Waals surface area (Å²) in [4.78, 5) is 0. The molecule has 0 N–H and O–H groups in total. The van der Waals surface area contributed by atoms with Crippen molar-refractivity contribution in [1.29, 1.82) is 0 Å². The van der Waals surface area contributed by atoms with E-state index in [9.17, 15) is 0 Å². The second-order valence-electron chi connectivity index (χ2n) is 15.1. The molecule has 0 heterocycles. The molecule has 7 heteroatoms. The molecule has 0 aromatic carbocycles. The van der Waals surface area contributed by atoms with E-state index in [2.05, 4.69) is 115 Å². The fraction of sp³-hybridized carbons (Fsp3) is 0.931. The maximum absolute atomic E-state index is 7.02.